The van der Waals surface area contributed by atoms with Crippen LogP contribution in [0.2, 0.25) is 5.15 Å². The van der Waals surface area contributed by atoms with Gasteiger partial charge < -0.3 is 9.88 Å². The summed E-state index contributed by atoms with van der Waals surface area (Å²) < 4.78 is 3.67. The Morgan fingerprint density at radius 2 is 2.04 bits per heavy atom. The molecule has 0 radical (unpaired) electrons. The summed E-state index contributed by atoms with van der Waals surface area (Å²) in [6.07, 6.45) is 3.45. The topological polar surface area (TPSA) is 73.5 Å². The van der Waals surface area contributed by atoms with E-state index in [9.17, 15) is 0 Å². The molecule has 0 atom stereocenters. The second-order valence-electron chi connectivity index (χ2n) is 6.13. The number of nitrogens with one attached hydrogen (secondary N) is 1. The van der Waals surface area contributed by atoms with Gasteiger partial charge in [-0.25, -0.2) is 4.98 Å². The van der Waals surface area contributed by atoms with Crippen LogP contribution < -0.4 is 5.32 Å². The fourth-order valence-electron chi connectivity index (χ4n) is 2.50. The van der Waals surface area contributed by atoms with Crippen LogP contribution in [0.25, 0.3) is 22.6 Å². The van der Waals surface area contributed by atoms with Gasteiger partial charge in [-0.15, -0.1) is 10.2 Å². The molecule has 126 valence electrons. The number of aryl methyl sites for hydroxylation is 2. The zero-order chi connectivity index (χ0) is 17.3. The van der Waals surface area contributed by atoms with Crippen molar-refractivity contribution in [3.05, 3.63) is 29.8 Å². The average Bonchev–Trinajstić information content (AvgIpc) is 3.10. The van der Waals surface area contributed by atoms with Crippen molar-refractivity contribution in [1.29, 1.82) is 0 Å². The van der Waals surface area contributed by atoms with Crippen LogP contribution in [0.5, 0.6) is 0 Å². The summed E-state index contributed by atoms with van der Waals surface area (Å²) in [5, 5.41) is 16.3. The minimum atomic E-state index is 0.434. The number of hydrogen-bond donors (Lipinski definition) is 1. The molecule has 3 heterocycles. The maximum atomic E-state index is 6.23. The second-order valence-corrected chi connectivity index (χ2v) is 6.52. The first-order chi connectivity index (χ1) is 11.5. The van der Waals surface area contributed by atoms with Gasteiger partial charge in [0.1, 0.15) is 17.3 Å². The Morgan fingerprint density at radius 3 is 2.71 bits per heavy atom. The molecule has 1 N–H and O–H groups in total. The van der Waals surface area contributed by atoms with Crippen LogP contribution in [-0.4, -0.2) is 36.1 Å². The molecule has 0 spiro atoms. The Labute approximate surface area is 145 Å². The Bertz CT molecular complexity index is 850. The third kappa shape index (κ3) is 3.26. The lowest BCUT2D eigenvalue weighted by atomic mass is 10.1. The van der Waals surface area contributed by atoms with Crippen molar-refractivity contribution in [2.75, 3.05) is 11.9 Å². The molecular formula is C16H20ClN7. The van der Waals surface area contributed by atoms with Crippen LogP contribution in [0.15, 0.2) is 24.7 Å². The molecule has 3 aromatic rings. The minimum absolute atomic E-state index is 0.434. The smallest absolute Gasteiger partial charge is 0.167 e. The molecule has 0 unspecified atom stereocenters. The molecule has 3 aromatic heterocycles. The maximum absolute atomic E-state index is 6.23. The summed E-state index contributed by atoms with van der Waals surface area (Å²) in [6, 6.07) is 3.81. The van der Waals surface area contributed by atoms with E-state index < -0.39 is 0 Å². The fourth-order valence-corrected chi connectivity index (χ4v) is 2.71. The minimum Gasteiger partial charge on any atom is -0.370 e. The first kappa shape index (κ1) is 16.4. The van der Waals surface area contributed by atoms with Crippen LogP contribution in [0.4, 0.5) is 5.82 Å². The first-order valence-electron chi connectivity index (χ1n) is 7.74. The lowest BCUT2D eigenvalue weighted by molar-refractivity contribution is 0.687. The highest BCUT2D eigenvalue weighted by molar-refractivity contribution is 6.29. The van der Waals surface area contributed by atoms with Crippen molar-refractivity contribution in [1.82, 2.24) is 29.5 Å². The lowest BCUT2D eigenvalue weighted by Gasteiger charge is -2.11. The number of nitrogens with zero attached hydrogens (tertiary/aromatic N) is 6. The molecule has 0 aromatic carbocycles. The van der Waals surface area contributed by atoms with Crippen molar-refractivity contribution in [3.8, 4) is 22.6 Å². The molecule has 0 aliphatic carbocycles. The Hall–Kier alpha value is -2.41. The van der Waals surface area contributed by atoms with Crippen molar-refractivity contribution >= 4 is 17.4 Å². The van der Waals surface area contributed by atoms with Gasteiger partial charge in [-0.05, 0) is 18.1 Å². The third-order valence-electron chi connectivity index (χ3n) is 3.65. The third-order valence-corrected chi connectivity index (χ3v) is 3.84. The second kappa shape index (κ2) is 6.60. The zero-order valence-electron chi connectivity index (χ0n) is 14.2. The van der Waals surface area contributed by atoms with E-state index in [1.165, 1.54) is 0 Å². The van der Waals surface area contributed by atoms with E-state index in [1.54, 1.807) is 12.5 Å². The Balaban J connectivity index is 2.06. The molecule has 0 fully saturated rings. The molecule has 3 rings (SSSR count). The van der Waals surface area contributed by atoms with Crippen molar-refractivity contribution in [3.63, 3.8) is 0 Å². The van der Waals surface area contributed by atoms with Gasteiger partial charge >= 0.3 is 0 Å². The molecule has 8 heteroatoms. The van der Waals surface area contributed by atoms with E-state index in [4.69, 9.17) is 11.6 Å². The van der Waals surface area contributed by atoms with E-state index in [2.05, 4.69) is 39.4 Å². The quantitative estimate of drug-likeness (QED) is 0.719. The highest BCUT2D eigenvalue weighted by Gasteiger charge is 2.18. The standard InChI is InChI=1S/C16H20ClN7/c1-10(2)7-18-14-6-11(5-13(17)21-14)15-12(8-20-24(15)4)16-22-19-9-23(16)3/h5-6,8-10H,7H2,1-4H3,(H,18,21). The van der Waals surface area contributed by atoms with Crippen LogP contribution in [-0.2, 0) is 14.1 Å². The van der Waals surface area contributed by atoms with Crippen LogP contribution in [0.1, 0.15) is 13.8 Å². The highest BCUT2D eigenvalue weighted by Crippen LogP contribution is 2.32. The Kier molecular flexibility index (Phi) is 4.53. The van der Waals surface area contributed by atoms with Gasteiger partial charge in [0.25, 0.3) is 0 Å². The number of aromatic nitrogens is 6. The number of anilines is 1. The highest BCUT2D eigenvalue weighted by atomic mass is 35.5. The molecular weight excluding hydrogens is 326 g/mol. The van der Waals surface area contributed by atoms with Crippen molar-refractivity contribution < 1.29 is 0 Å². The predicted molar refractivity (Wildman–Crippen MR) is 94.8 cm³/mol. The number of hydrogen-bond acceptors (Lipinski definition) is 5. The number of rotatable bonds is 5. The molecule has 7 nitrogen and oxygen atoms in total. The molecule has 0 saturated carbocycles. The molecule has 0 amide bonds. The van der Waals surface area contributed by atoms with E-state index in [-0.39, 0.29) is 0 Å². The van der Waals surface area contributed by atoms with Gasteiger partial charge in [0.2, 0.25) is 0 Å². The molecule has 0 saturated heterocycles. The summed E-state index contributed by atoms with van der Waals surface area (Å²) in [6.45, 7) is 5.12. The molecule has 0 bridgehead atoms. The van der Waals surface area contributed by atoms with Gasteiger partial charge in [0.05, 0.1) is 17.5 Å². The SMILES string of the molecule is CC(C)CNc1cc(-c2c(-c3nncn3C)cnn2C)cc(Cl)n1. The van der Waals surface area contributed by atoms with Gasteiger partial charge in [-0.2, -0.15) is 5.10 Å². The van der Waals surface area contributed by atoms with Gasteiger partial charge in [-0.1, -0.05) is 25.4 Å². The fraction of sp³-hybridized carbons (Fsp3) is 0.375. The normalized spacial score (nSPS) is 11.2. The van der Waals surface area contributed by atoms with E-state index in [0.717, 1.165) is 35.0 Å². The number of pyridine rings is 1. The van der Waals surface area contributed by atoms with Crippen LogP contribution in [0, 0.1) is 5.92 Å². The summed E-state index contributed by atoms with van der Waals surface area (Å²) in [7, 11) is 3.80. The summed E-state index contributed by atoms with van der Waals surface area (Å²) in [5.41, 5.74) is 2.75. The van der Waals surface area contributed by atoms with Gasteiger partial charge in [0, 0.05) is 26.2 Å². The molecule has 24 heavy (non-hydrogen) atoms. The van der Waals surface area contributed by atoms with Gasteiger partial charge in [-0.3, -0.25) is 4.68 Å². The van der Waals surface area contributed by atoms with Gasteiger partial charge in [0.15, 0.2) is 5.82 Å². The summed E-state index contributed by atoms with van der Waals surface area (Å²) >= 11 is 6.23. The van der Waals surface area contributed by atoms with Crippen LogP contribution in [0.3, 0.4) is 0 Å². The lowest BCUT2D eigenvalue weighted by Crippen LogP contribution is -2.09. The zero-order valence-corrected chi connectivity index (χ0v) is 14.9. The van der Waals surface area contributed by atoms with Crippen molar-refractivity contribution in [2.24, 2.45) is 20.0 Å². The Morgan fingerprint density at radius 1 is 1.25 bits per heavy atom. The van der Waals surface area contributed by atoms with Crippen LogP contribution >= 0.6 is 11.6 Å². The van der Waals surface area contributed by atoms with E-state index in [1.807, 2.05) is 35.5 Å². The monoisotopic (exact) mass is 345 g/mol. The van der Waals surface area contributed by atoms with E-state index >= 15 is 0 Å². The maximum Gasteiger partial charge on any atom is 0.167 e. The van der Waals surface area contributed by atoms with Crippen molar-refractivity contribution in [2.45, 2.75) is 13.8 Å². The summed E-state index contributed by atoms with van der Waals surface area (Å²) in [5.74, 6) is 2.01. The molecule has 0 aliphatic heterocycles. The average molecular weight is 346 g/mol. The first-order valence-corrected chi connectivity index (χ1v) is 8.11. The summed E-state index contributed by atoms with van der Waals surface area (Å²) in [4.78, 5) is 4.35. The largest absolute Gasteiger partial charge is 0.370 e. The predicted octanol–water partition coefficient (Wildman–Crippen LogP) is 3.00. The van der Waals surface area contributed by atoms with E-state index in [0.29, 0.717) is 11.1 Å². The number of halogens is 1. The molecule has 0 aliphatic rings.